The average Bonchev–Trinajstić information content (AvgIpc) is 2.60. The summed E-state index contributed by atoms with van der Waals surface area (Å²) in [6.45, 7) is 7.20. The number of fused-ring (bicyclic) bond motifs is 3. The molecule has 80 valence electrons. The third-order valence-corrected chi connectivity index (χ3v) is 3.93. The van der Waals surface area contributed by atoms with Crippen LogP contribution < -0.4 is 5.32 Å². The normalized spacial score (nSPS) is 33.6. The van der Waals surface area contributed by atoms with E-state index in [2.05, 4.69) is 37.4 Å². The summed E-state index contributed by atoms with van der Waals surface area (Å²) in [4.78, 5) is 0. The minimum atomic E-state index is 0.0147. The van der Waals surface area contributed by atoms with Crippen molar-refractivity contribution in [1.82, 2.24) is 5.32 Å². The van der Waals surface area contributed by atoms with Gasteiger partial charge in [-0.15, -0.1) is 0 Å². The molecule has 1 fully saturated rings. The van der Waals surface area contributed by atoms with E-state index in [1.54, 1.807) is 0 Å². The first-order chi connectivity index (χ1) is 7.21. The largest absolute Gasteiger partial charge is 0.369 e. The van der Waals surface area contributed by atoms with Crippen LogP contribution in [-0.2, 0) is 11.3 Å². The standard InChI is InChI=1S/C13H17NO/c1-9-4-3-5-10-11(9)7-15-13(2)8-14-6-12(10)13/h3-5,12,14H,6-8H2,1-2H3/t12-,13+/m0/s1. The highest BCUT2D eigenvalue weighted by molar-refractivity contribution is 5.40. The molecular weight excluding hydrogens is 186 g/mol. The van der Waals surface area contributed by atoms with Crippen molar-refractivity contribution < 1.29 is 4.74 Å². The molecule has 0 radical (unpaired) electrons. The summed E-state index contributed by atoms with van der Waals surface area (Å²) in [5.74, 6) is 0.529. The van der Waals surface area contributed by atoms with Crippen LogP contribution in [0.25, 0.3) is 0 Å². The van der Waals surface area contributed by atoms with Gasteiger partial charge in [0.25, 0.3) is 0 Å². The molecular formula is C13H17NO. The van der Waals surface area contributed by atoms with Crippen LogP contribution in [0, 0.1) is 6.92 Å². The third-order valence-electron chi connectivity index (χ3n) is 3.93. The van der Waals surface area contributed by atoms with Crippen molar-refractivity contribution in [3.63, 3.8) is 0 Å². The van der Waals surface area contributed by atoms with Crippen molar-refractivity contribution in [3.05, 3.63) is 34.9 Å². The van der Waals surface area contributed by atoms with Gasteiger partial charge in [-0.05, 0) is 30.5 Å². The zero-order chi connectivity index (χ0) is 10.5. The van der Waals surface area contributed by atoms with E-state index in [0.717, 1.165) is 19.7 Å². The summed E-state index contributed by atoms with van der Waals surface area (Å²) >= 11 is 0. The molecule has 2 heteroatoms. The van der Waals surface area contributed by atoms with Crippen molar-refractivity contribution in [2.24, 2.45) is 0 Å². The molecule has 0 spiro atoms. The van der Waals surface area contributed by atoms with Crippen LogP contribution in [-0.4, -0.2) is 18.7 Å². The summed E-state index contributed by atoms with van der Waals surface area (Å²) in [5, 5.41) is 3.44. The molecule has 2 aliphatic heterocycles. The molecule has 0 aliphatic carbocycles. The molecule has 2 atom stereocenters. The molecule has 2 nitrogen and oxygen atoms in total. The second-order valence-corrected chi connectivity index (χ2v) is 4.93. The number of ether oxygens (including phenoxy) is 1. The molecule has 0 amide bonds. The Morgan fingerprint density at radius 3 is 3.20 bits per heavy atom. The van der Waals surface area contributed by atoms with Crippen LogP contribution in [0.15, 0.2) is 18.2 Å². The smallest absolute Gasteiger partial charge is 0.0863 e. The van der Waals surface area contributed by atoms with Gasteiger partial charge in [0.05, 0.1) is 12.2 Å². The van der Waals surface area contributed by atoms with Gasteiger partial charge in [0.2, 0.25) is 0 Å². The molecule has 1 aromatic carbocycles. The minimum Gasteiger partial charge on any atom is -0.369 e. The number of hydrogen-bond acceptors (Lipinski definition) is 2. The average molecular weight is 203 g/mol. The summed E-state index contributed by atoms with van der Waals surface area (Å²) in [6.07, 6.45) is 0. The van der Waals surface area contributed by atoms with Gasteiger partial charge < -0.3 is 10.1 Å². The predicted molar refractivity (Wildman–Crippen MR) is 60.0 cm³/mol. The summed E-state index contributed by atoms with van der Waals surface area (Å²) in [5.41, 5.74) is 4.28. The highest BCUT2D eigenvalue weighted by atomic mass is 16.5. The molecule has 1 aromatic rings. The molecule has 3 rings (SSSR count). The van der Waals surface area contributed by atoms with Crippen LogP contribution >= 0.6 is 0 Å². The Morgan fingerprint density at radius 2 is 2.33 bits per heavy atom. The lowest BCUT2D eigenvalue weighted by atomic mass is 9.80. The molecule has 0 unspecified atom stereocenters. The van der Waals surface area contributed by atoms with E-state index in [4.69, 9.17) is 4.74 Å². The Hall–Kier alpha value is -0.860. The quantitative estimate of drug-likeness (QED) is 0.696. The topological polar surface area (TPSA) is 21.3 Å². The predicted octanol–water partition coefficient (Wildman–Crippen LogP) is 1.97. The summed E-state index contributed by atoms with van der Waals surface area (Å²) < 4.78 is 6.03. The lowest BCUT2D eigenvalue weighted by Crippen LogP contribution is -2.39. The van der Waals surface area contributed by atoms with Gasteiger partial charge in [0.1, 0.15) is 0 Å². The van der Waals surface area contributed by atoms with Gasteiger partial charge in [0, 0.05) is 19.0 Å². The second-order valence-electron chi connectivity index (χ2n) is 4.93. The number of hydrogen-bond donors (Lipinski definition) is 1. The van der Waals surface area contributed by atoms with Crippen molar-refractivity contribution in [2.45, 2.75) is 32.0 Å². The van der Waals surface area contributed by atoms with E-state index in [-0.39, 0.29) is 5.60 Å². The van der Waals surface area contributed by atoms with Crippen LogP contribution in [0.1, 0.15) is 29.5 Å². The Kier molecular flexibility index (Phi) is 1.91. The maximum atomic E-state index is 6.03. The van der Waals surface area contributed by atoms with Gasteiger partial charge in [-0.25, -0.2) is 0 Å². The van der Waals surface area contributed by atoms with Crippen LogP contribution in [0.2, 0.25) is 0 Å². The van der Waals surface area contributed by atoms with Crippen LogP contribution in [0.3, 0.4) is 0 Å². The van der Waals surface area contributed by atoms with Crippen LogP contribution in [0.5, 0.6) is 0 Å². The molecule has 0 saturated carbocycles. The number of aryl methyl sites for hydroxylation is 1. The molecule has 1 N–H and O–H groups in total. The van der Waals surface area contributed by atoms with Gasteiger partial charge >= 0.3 is 0 Å². The van der Waals surface area contributed by atoms with E-state index < -0.39 is 0 Å². The Morgan fingerprint density at radius 1 is 1.47 bits per heavy atom. The fourth-order valence-corrected chi connectivity index (χ4v) is 2.88. The first-order valence-electron chi connectivity index (χ1n) is 5.64. The number of benzene rings is 1. The number of nitrogens with one attached hydrogen (secondary N) is 1. The first-order valence-corrected chi connectivity index (χ1v) is 5.64. The third kappa shape index (κ3) is 1.25. The number of rotatable bonds is 0. The molecule has 0 aromatic heterocycles. The van der Waals surface area contributed by atoms with E-state index in [0.29, 0.717) is 5.92 Å². The summed E-state index contributed by atoms with van der Waals surface area (Å²) in [7, 11) is 0. The fraction of sp³-hybridized carbons (Fsp3) is 0.538. The lowest BCUT2D eigenvalue weighted by Gasteiger charge is -2.37. The van der Waals surface area contributed by atoms with Gasteiger partial charge in [-0.3, -0.25) is 0 Å². The molecule has 15 heavy (non-hydrogen) atoms. The van der Waals surface area contributed by atoms with Crippen molar-refractivity contribution >= 4 is 0 Å². The van der Waals surface area contributed by atoms with Gasteiger partial charge in [0.15, 0.2) is 0 Å². The van der Waals surface area contributed by atoms with Crippen molar-refractivity contribution in [3.8, 4) is 0 Å². The maximum Gasteiger partial charge on any atom is 0.0863 e. The second kappa shape index (κ2) is 3.06. The minimum absolute atomic E-state index is 0.0147. The Bertz CT molecular complexity index is 402. The van der Waals surface area contributed by atoms with Crippen LogP contribution in [0.4, 0.5) is 0 Å². The fourth-order valence-electron chi connectivity index (χ4n) is 2.88. The monoisotopic (exact) mass is 203 g/mol. The zero-order valence-corrected chi connectivity index (χ0v) is 9.34. The maximum absolute atomic E-state index is 6.03. The van der Waals surface area contributed by atoms with Gasteiger partial charge in [-0.1, -0.05) is 18.2 Å². The molecule has 2 aliphatic rings. The SMILES string of the molecule is Cc1cccc2c1CO[C@]1(C)CNC[C@@H]21. The lowest BCUT2D eigenvalue weighted by molar-refractivity contribution is -0.0520. The summed E-state index contributed by atoms with van der Waals surface area (Å²) in [6, 6.07) is 6.60. The zero-order valence-electron chi connectivity index (χ0n) is 9.34. The van der Waals surface area contributed by atoms with E-state index in [9.17, 15) is 0 Å². The Balaban J connectivity index is 2.13. The van der Waals surface area contributed by atoms with E-state index >= 15 is 0 Å². The molecule has 2 heterocycles. The highest BCUT2D eigenvalue weighted by Gasteiger charge is 2.44. The first kappa shape index (κ1) is 9.37. The van der Waals surface area contributed by atoms with Crippen molar-refractivity contribution in [1.29, 1.82) is 0 Å². The van der Waals surface area contributed by atoms with Crippen molar-refractivity contribution in [2.75, 3.05) is 13.1 Å². The Labute approximate surface area is 90.6 Å². The van der Waals surface area contributed by atoms with Gasteiger partial charge in [-0.2, -0.15) is 0 Å². The van der Waals surface area contributed by atoms with E-state index in [1.807, 2.05) is 0 Å². The highest BCUT2D eigenvalue weighted by Crippen LogP contribution is 2.41. The van der Waals surface area contributed by atoms with E-state index in [1.165, 1.54) is 16.7 Å². The molecule has 1 saturated heterocycles. The molecule has 0 bridgehead atoms.